The summed E-state index contributed by atoms with van der Waals surface area (Å²) in [6.45, 7) is 2.06. The molecule has 0 aromatic carbocycles. The quantitative estimate of drug-likeness (QED) is 0.807. The number of nitrogens with one attached hydrogen (secondary N) is 1. The largest absolute Gasteiger partial charge is 0.298 e. The zero-order chi connectivity index (χ0) is 11.1. The minimum Gasteiger partial charge on any atom is -0.261 e. The molecule has 7 heteroatoms. The van der Waals surface area contributed by atoms with Crippen molar-refractivity contribution in [2.75, 3.05) is 0 Å². The van der Waals surface area contributed by atoms with Crippen molar-refractivity contribution in [3.05, 3.63) is 5.82 Å². The number of nitrogens with zero attached hydrogens (tertiary/aromatic N) is 2. The third-order valence-corrected chi connectivity index (χ3v) is 3.99. The number of hydrogen-bond donors (Lipinski definition) is 1. The molecule has 0 saturated heterocycles. The molecule has 0 amide bonds. The van der Waals surface area contributed by atoms with Gasteiger partial charge in [0.25, 0.3) is 14.2 Å². The molecule has 1 fully saturated rings. The van der Waals surface area contributed by atoms with Crippen LogP contribution in [0.2, 0.25) is 0 Å². The summed E-state index contributed by atoms with van der Waals surface area (Å²) in [7, 11) is 1.33. The Morgan fingerprint density at radius 2 is 2.00 bits per heavy atom. The van der Waals surface area contributed by atoms with Crippen molar-refractivity contribution in [1.82, 2.24) is 15.2 Å². The first-order valence-electron chi connectivity index (χ1n) is 4.79. The molecule has 15 heavy (non-hydrogen) atoms. The van der Waals surface area contributed by atoms with Crippen LogP contribution >= 0.6 is 10.7 Å². The van der Waals surface area contributed by atoms with Crippen molar-refractivity contribution >= 4 is 19.7 Å². The van der Waals surface area contributed by atoms with E-state index in [0.29, 0.717) is 5.82 Å². The van der Waals surface area contributed by atoms with Crippen LogP contribution < -0.4 is 0 Å². The molecular weight excluding hydrogens is 238 g/mol. The summed E-state index contributed by atoms with van der Waals surface area (Å²) in [4.78, 5) is 3.95. The van der Waals surface area contributed by atoms with Crippen molar-refractivity contribution in [1.29, 1.82) is 0 Å². The normalized spacial score (nSPS) is 20.7. The van der Waals surface area contributed by atoms with Gasteiger partial charge in [0.15, 0.2) is 0 Å². The van der Waals surface area contributed by atoms with Gasteiger partial charge >= 0.3 is 0 Å². The summed E-state index contributed by atoms with van der Waals surface area (Å²) in [5, 5.41) is 5.96. The lowest BCUT2D eigenvalue weighted by Gasteiger charge is -2.19. The third-order valence-electron chi connectivity index (χ3n) is 2.96. The van der Waals surface area contributed by atoms with E-state index in [1.54, 1.807) is 0 Å². The second kappa shape index (κ2) is 3.45. The maximum atomic E-state index is 11.0. The number of aromatic nitrogens is 3. The summed E-state index contributed by atoms with van der Waals surface area (Å²) in [6.07, 6.45) is 4.29. The molecule has 0 unspecified atom stereocenters. The predicted molar refractivity (Wildman–Crippen MR) is 55.2 cm³/mol. The lowest BCUT2D eigenvalue weighted by atomic mass is 9.88. The van der Waals surface area contributed by atoms with Crippen LogP contribution in [0.1, 0.15) is 38.4 Å². The molecule has 0 spiro atoms. The summed E-state index contributed by atoms with van der Waals surface area (Å²) in [5.74, 6) is 0.624. The summed E-state index contributed by atoms with van der Waals surface area (Å²) < 4.78 is 22.0. The second-order valence-electron chi connectivity index (χ2n) is 4.17. The van der Waals surface area contributed by atoms with Gasteiger partial charge in [-0.1, -0.05) is 19.8 Å². The minimum atomic E-state index is -3.82. The van der Waals surface area contributed by atoms with Crippen LogP contribution in [0.25, 0.3) is 0 Å². The molecular formula is C8H12ClN3O2S. The Labute approximate surface area is 92.7 Å². The fourth-order valence-electron chi connectivity index (χ4n) is 2.02. The molecule has 0 radical (unpaired) electrons. The smallest absolute Gasteiger partial charge is 0.261 e. The molecule has 1 N–H and O–H groups in total. The van der Waals surface area contributed by atoms with Gasteiger partial charge in [0, 0.05) is 16.1 Å². The van der Waals surface area contributed by atoms with Crippen molar-refractivity contribution < 1.29 is 8.42 Å². The predicted octanol–water partition coefficient (Wildman–Crippen LogP) is 1.56. The highest BCUT2D eigenvalue weighted by atomic mass is 35.7. The summed E-state index contributed by atoms with van der Waals surface area (Å²) in [6, 6.07) is 0. The van der Waals surface area contributed by atoms with E-state index in [2.05, 4.69) is 22.1 Å². The molecule has 0 atom stereocenters. The highest BCUT2D eigenvalue weighted by Crippen LogP contribution is 2.38. The topological polar surface area (TPSA) is 75.7 Å². The van der Waals surface area contributed by atoms with Crippen LogP contribution in [0.5, 0.6) is 0 Å². The van der Waals surface area contributed by atoms with Crippen LogP contribution in [0.3, 0.4) is 0 Å². The van der Waals surface area contributed by atoms with E-state index in [0.717, 1.165) is 25.7 Å². The monoisotopic (exact) mass is 249 g/mol. The van der Waals surface area contributed by atoms with Crippen molar-refractivity contribution in [3.63, 3.8) is 0 Å². The van der Waals surface area contributed by atoms with Gasteiger partial charge in [0.2, 0.25) is 0 Å². The molecule has 5 nitrogen and oxygen atoms in total. The van der Waals surface area contributed by atoms with Gasteiger partial charge < -0.3 is 0 Å². The van der Waals surface area contributed by atoms with Crippen LogP contribution in [0.4, 0.5) is 0 Å². The lowest BCUT2D eigenvalue weighted by molar-refractivity contribution is 0.459. The molecule has 1 aromatic rings. The van der Waals surface area contributed by atoms with Gasteiger partial charge in [-0.2, -0.15) is 0 Å². The lowest BCUT2D eigenvalue weighted by Crippen LogP contribution is -2.18. The van der Waals surface area contributed by atoms with Crippen LogP contribution in [0, 0.1) is 0 Å². The number of aromatic amines is 1. The van der Waals surface area contributed by atoms with Gasteiger partial charge in [0.05, 0.1) is 0 Å². The van der Waals surface area contributed by atoms with Gasteiger partial charge in [-0.3, -0.25) is 5.10 Å². The highest BCUT2D eigenvalue weighted by molar-refractivity contribution is 8.13. The Hall–Kier alpha value is -0.620. The SMILES string of the molecule is CC1(c2nc(S(=O)(=O)Cl)n[nH]2)CCCC1. The van der Waals surface area contributed by atoms with Crippen molar-refractivity contribution in [2.24, 2.45) is 0 Å². The number of halogens is 1. The Morgan fingerprint density at radius 3 is 2.47 bits per heavy atom. The maximum Gasteiger partial charge on any atom is 0.298 e. The number of H-pyrrole nitrogens is 1. The molecule has 1 saturated carbocycles. The number of rotatable bonds is 2. The van der Waals surface area contributed by atoms with E-state index in [-0.39, 0.29) is 10.6 Å². The van der Waals surface area contributed by atoms with Crippen LogP contribution in [-0.4, -0.2) is 23.6 Å². The Bertz CT molecular complexity index is 462. The third kappa shape index (κ3) is 2.01. The fraction of sp³-hybridized carbons (Fsp3) is 0.750. The van der Waals surface area contributed by atoms with E-state index >= 15 is 0 Å². The van der Waals surface area contributed by atoms with E-state index in [1.165, 1.54) is 0 Å². The first-order chi connectivity index (χ1) is 6.92. The van der Waals surface area contributed by atoms with Crippen LogP contribution in [-0.2, 0) is 14.5 Å². The van der Waals surface area contributed by atoms with Crippen LogP contribution in [0.15, 0.2) is 5.16 Å². The standard InChI is InChI=1S/C8H12ClN3O2S/c1-8(4-2-3-5-8)6-10-7(12-11-6)15(9,13)14/h2-5H2,1H3,(H,10,11,12). The Morgan fingerprint density at radius 1 is 1.40 bits per heavy atom. The van der Waals surface area contributed by atoms with Gasteiger partial charge in [-0.25, -0.2) is 13.4 Å². The zero-order valence-electron chi connectivity index (χ0n) is 8.33. The average Bonchev–Trinajstić information content (AvgIpc) is 2.69. The van der Waals surface area contributed by atoms with E-state index in [9.17, 15) is 8.42 Å². The molecule has 1 aromatic heterocycles. The minimum absolute atomic E-state index is 0.0766. The highest BCUT2D eigenvalue weighted by Gasteiger charge is 2.34. The van der Waals surface area contributed by atoms with E-state index in [1.807, 2.05) is 0 Å². The van der Waals surface area contributed by atoms with E-state index in [4.69, 9.17) is 10.7 Å². The first-order valence-corrected chi connectivity index (χ1v) is 7.10. The molecule has 0 aliphatic heterocycles. The molecule has 1 aliphatic carbocycles. The fourth-order valence-corrected chi connectivity index (χ4v) is 2.58. The first kappa shape index (κ1) is 10.9. The Balaban J connectivity index is 2.35. The van der Waals surface area contributed by atoms with Gasteiger partial charge in [-0.15, -0.1) is 5.10 Å². The maximum absolute atomic E-state index is 11.0. The zero-order valence-corrected chi connectivity index (χ0v) is 9.90. The summed E-state index contributed by atoms with van der Waals surface area (Å²) in [5.41, 5.74) is -0.0766. The molecule has 84 valence electrons. The van der Waals surface area contributed by atoms with Gasteiger partial charge in [0.1, 0.15) is 5.82 Å². The Kier molecular flexibility index (Phi) is 2.50. The molecule has 0 bridgehead atoms. The second-order valence-corrected chi connectivity index (χ2v) is 6.63. The molecule has 1 heterocycles. The van der Waals surface area contributed by atoms with Gasteiger partial charge in [-0.05, 0) is 12.8 Å². The average molecular weight is 250 g/mol. The van der Waals surface area contributed by atoms with E-state index < -0.39 is 9.05 Å². The number of hydrogen-bond acceptors (Lipinski definition) is 4. The van der Waals surface area contributed by atoms with Crippen molar-refractivity contribution in [2.45, 2.75) is 43.2 Å². The molecule has 1 aliphatic rings. The summed E-state index contributed by atoms with van der Waals surface area (Å²) >= 11 is 0. The van der Waals surface area contributed by atoms with Crippen molar-refractivity contribution in [3.8, 4) is 0 Å². The molecule has 2 rings (SSSR count).